The van der Waals surface area contributed by atoms with E-state index < -0.39 is 0 Å². The second-order valence-electron chi connectivity index (χ2n) is 6.74. The monoisotopic (exact) mass is 377 g/mol. The van der Waals surface area contributed by atoms with Crippen LogP contribution in [-0.2, 0) is 6.54 Å². The lowest BCUT2D eigenvalue weighted by molar-refractivity contribution is 0.0665. The molecule has 2 aromatic rings. The van der Waals surface area contributed by atoms with Crippen LogP contribution in [0, 0.1) is 0 Å². The number of carbonyl (C=O) groups is 1. The SMILES string of the molecule is CCC(C)N(Cc1ccccc1)C(=O)c1cn(C2CCNCC2)nn1.Cl. The second-order valence-corrected chi connectivity index (χ2v) is 6.74. The molecule has 0 bridgehead atoms. The smallest absolute Gasteiger partial charge is 0.276 e. The zero-order valence-corrected chi connectivity index (χ0v) is 16.3. The van der Waals surface area contributed by atoms with Gasteiger partial charge in [-0.1, -0.05) is 42.5 Å². The molecule has 0 saturated carbocycles. The van der Waals surface area contributed by atoms with Crippen LogP contribution in [0.5, 0.6) is 0 Å². The third-order valence-corrected chi connectivity index (χ3v) is 4.99. The van der Waals surface area contributed by atoms with E-state index in [9.17, 15) is 4.79 Å². The molecule has 1 aromatic carbocycles. The molecule has 1 unspecified atom stereocenters. The quantitative estimate of drug-likeness (QED) is 0.840. The lowest BCUT2D eigenvalue weighted by Gasteiger charge is -2.28. The zero-order valence-electron chi connectivity index (χ0n) is 15.5. The van der Waals surface area contributed by atoms with Crippen LogP contribution in [0.3, 0.4) is 0 Å². The molecule has 1 fully saturated rings. The highest BCUT2D eigenvalue weighted by atomic mass is 35.5. The van der Waals surface area contributed by atoms with Gasteiger partial charge < -0.3 is 10.2 Å². The van der Waals surface area contributed by atoms with Crippen LogP contribution in [0.1, 0.15) is 55.2 Å². The van der Waals surface area contributed by atoms with Gasteiger partial charge in [0.15, 0.2) is 5.69 Å². The summed E-state index contributed by atoms with van der Waals surface area (Å²) in [5.41, 5.74) is 1.57. The van der Waals surface area contributed by atoms with E-state index in [2.05, 4.69) is 41.6 Å². The molecule has 1 aliphatic rings. The normalized spacial score (nSPS) is 15.9. The molecule has 142 valence electrons. The highest BCUT2D eigenvalue weighted by Crippen LogP contribution is 2.19. The third kappa shape index (κ3) is 4.83. The molecule has 1 amide bonds. The summed E-state index contributed by atoms with van der Waals surface area (Å²) < 4.78 is 1.87. The fourth-order valence-electron chi connectivity index (χ4n) is 3.20. The molecule has 1 aromatic heterocycles. The van der Waals surface area contributed by atoms with Crippen molar-refractivity contribution in [2.75, 3.05) is 13.1 Å². The molecule has 1 atom stereocenters. The Kier molecular flexibility index (Phi) is 7.60. The Morgan fingerprint density at radius 3 is 2.65 bits per heavy atom. The van der Waals surface area contributed by atoms with Crippen molar-refractivity contribution in [3.8, 4) is 0 Å². The summed E-state index contributed by atoms with van der Waals surface area (Å²) >= 11 is 0. The molecule has 6 nitrogen and oxygen atoms in total. The highest BCUT2D eigenvalue weighted by molar-refractivity contribution is 5.92. The maximum Gasteiger partial charge on any atom is 0.276 e. The van der Waals surface area contributed by atoms with E-state index in [1.807, 2.05) is 34.0 Å². The minimum atomic E-state index is -0.0432. The van der Waals surface area contributed by atoms with Crippen molar-refractivity contribution < 1.29 is 4.79 Å². The molecule has 0 aliphatic carbocycles. The van der Waals surface area contributed by atoms with Crippen molar-refractivity contribution in [1.82, 2.24) is 25.2 Å². The van der Waals surface area contributed by atoms with Crippen molar-refractivity contribution in [2.24, 2.45) is 0 Å². The van der Waals surface area contributed by atoms with Gasteiger partial charge in [-0.05, 0) is 44.8 Å². The summed E-state index contributed by atoms with van der Waals surface area (Å²) in [6, 6.07) is 10.6. The van der Waals surface area contributed by atoms with E-state index in [0.717, 1.165) is 37.9 Å². The molecule has 0 spiro atoms. The third-order valence-electron chi connectivity index (χ3n) is 4.99. The first kappa shape index (κ1) is 20.4. The molecule has 2 heterocycles. The van der Waals surface area contributed by atoms with Gasteiger partial charge in [0, 0.05) is 12.6 Å². The topological polar surface area (TPSA) is 63.1 Å². The van der Waals surface area contributed by atoms with Crippen LogP contribution >= 0.6 is 12.4 Å². The van der Waals surface area contributed by atoms with Crippen molar-refractivity contribution in [3.05, 3.63) is 47.8 Å². The van der Waals surface area contributed by atoms with Gasteiger partial charge >= 0.3 is 0 Å². The Labute approximate surface area is 161 Å². The average Bonchev–Trinajstić information content (AvgIpc) is 3.17. The first-order chi connectivity index (χ1) is 12.2. The van der Waals surface area contributed by atoms with Gasteiger partial charge in [0.05, 0.1) is 12.2 Å². The Balaban J connectivity index is 0.00000243. The van der Waals surface area contributed by atoms with Gasteiger partial charge in [-0.15, -0.1) is 17.5 Å². The molecule has 1 saturated heterocycles. The minimum absolute atomic E-state index is 0. The van der Waals surface area contributed by atoms with E-state index >= 15 is 0 Å². The number of nitrogens with one attached hydrogen (secondary N) is 1. The number of hydrogen-bond acceptors (Lipinski definition) is 4. The van der Waals surface area contributed by atoms with Gasteiger partial charge in [-0.3, -0.25) is 4.79 Å². The van der Waals surface area contributed by atoms with Crippen molar-refractivity contribution in [3.63, 3.8) is 0 Å². The summed E-state index contributed by atoms with van der Waals surface area (Å²) in [7, 11) is 0. The molecular formula is C19H28ClN5O. The minimum Gasteiger partial charge on any atom is -0.330 e. The number of halogens is 1. The second kappa shape index (κ2) is 9.69. The van der Waals surface area contributed by atoms with Gasteiger partial charge in [0.25, 0.3) is 5.91 Å². The Bertz CT molecular complexity index is 684. The maximum atomic E-state index is 13.0. The number of carbonyl (C=O) groups excluding carboxylic acids is 1. The molecule has 26 heavy (non-hydrogen) atoms. The predicted molar refractivity (Wildman–Crippen MR) is 104 cm³/mol. The standard InChI is InChI=1S/C19H27N5O.ClH/c1-3-15(2)23(13-16-7-5-4-6-8-16)19(25)18-14-24(22-21-18)17-9-11-20-12-10-17;/h4-8,14-15,17,20H,3,9-13H2,1-2H3;1H. The molecule has 1 N–H and O–H groups in total. The lowest BCUT2D eigenvalue weighted by atomic mass is 10.1. The number of aromatic nitrogens is 3. The van der Waals surface area contributed by atoms with Crippen LogP contribution in [0.15, 0.2) is 36.5 Å². The van der Waals surface area contributed by atoms with Crippen molar-refractivity contribution >= 4 is 18.3 Å². The van der Waals surface area contributed by atoms with E-state index in [1.165, 1.54) is 0 Å². The van der Waals surface area contributed by atoms with E-state index in [4.69, 9.17) is 0 Å². The number of nitrogens with zero attached hydrogens (tertiary/aromatic N) is 4. The number of benzene rings is 1. The molecular weight excluding hydrogens is 350 g/mol. The average molecular weight is 378 g/mol. The number of piperidine rings is 1. The van der Waals surface area contributed by atoms with Gasteiger partial charge in [0.1, 0.15) is 0 Å². The Hall–Kier alpha value is -1.92. The summed E-state index contributed by atoms with van der Waals surface area (Å²) in [4.78, 5) is 14.9. The van der Waals surface area contributed by atoms with Gasteiger partial charge in [0.2, 0.25) is 0 Å². The van der Waals surface area contributed by atoms with Crippen molar-refractivity contribution in [2.45, 2.75) is 51.7 Å². The first-order valence-electron chi connectivity index (χ1n) is 9.16. The van der Waals surface area contributed by atoms with Gasteiger partial charge in [-0.2, -0.15) is 0 Å². The Morgan fingerprint density at radius 1 is 1.31 bits per heavy atom. The van der Waals surface area contributed by atoms with E-state index in [-0.39, 0.29) is 24.4 Å². The molecule has 7 heteroatoms. The fourth-order valence-corrected chi connectivity index (χ4v) is 3.20. The summed E-state index contributed by atoms with van der Waals surface area (Å²) in [6.45, 7) is 6.75. The fraction of sp³-hybridized carbons (Fsp3) is 0.526. The lowest BCUT2D eigenvalue weighted by Crippen LogP contribution is -2.38. The zero-order chi connectivity index (χ0) is 17.6. The molecule has 3 rings (SSSR count). The summed E-state index contributed by atoms with van der Waals surface area (Å²) in [6.07, 6.45) is 4.77. The largest absolute Gasteiger partial charge is 0.330 e. The van der Waals surface area contributed by atoms with Crippen LogP contribution in [0.2, 0.25) is 0 Å². The highest BCUT2D eigenvalue weighted by Gasteiger charge is 2.25. The van der Waals surface area contributed by atoms with E-state index in [1.54, 1.807) is 0 Å². The van der Waals surface area contributed by atoms with Crippen LogP contribution < -0.4 is 5.32 Å². The van der Waals surface area contributed by atoms with Crippen LogP contribution in [0.25, 0.3) is 0 Å². The maximum absolute atomic E-state index is 13.0. The molecule has 1 aliphatic heterocycles. The van der Waals surface area contributed by atoms with Crippen molar-refractivity contribution in [1.29, 1.82) is 0 Å². The summed E-state index contributed by atoms with van der Waals surface area (Å²) in [5.74, 6) is -0.0432. The summed E-state index contributed by atoms with van der Waals surface area (Å²) in [5, 5.41) is 11.7. The Morgan fingerprint density at radius 2 is 2.00 bits per heavy atom. The number of hydrogen-bond donors (Lipinski definition) is 1. The van der Waals surface area contributed by atoms with Crippen LogP contribution in [0.4, 0.5) is 0 Å². The predicted octanol–water partition coefficient (Wildman–Crippen LogP) is 3.07. The number of amides is 1. The van der Waals surface area contributed by atoms with Crippen LogP contribution in [-0.4, -0.2) is 44.9 Å². The first-order valence-corrected chi connectivity index (χ1v) is 9.16. The molecule has 0 radical (unpaired) electrons. The van der Waals surface area contributed by atoms with Gasteiger partial charge in [-0.25, -0.2) is 4.68 Å². The van der Waals surface area contributed by atoms with E-state index in [0.29, 0.717) is 18.3 Å². The number of rotatable bonds is 6.